The van der Waals surface area contributed by atoms with Crippen LogP contribution in [0.5, 0.6) is 0 Å². The molecule has 1 atom stereocenters. The topological polar surface area (TPSA) is 66.4 Å². The molecule has 1 aromatic carbocycles. The smallest absolute Gasteiger partial charge is 0.391 e. The molecule has 4 nitrogen and oxygen atoms in total. The minimum absolute atomic E-state index is 0.165. The van der Waals surface area contributed by atoms with Gasteiger partial charge < -0.3 is 10.4 Å². The van der Waals surface area contributed by atoms with Gasteiger partial charge in [-0.05, 0) is 25.5 Å². The maximum Gasteiger partial charge on any atom is 0.391 e. The highest BCUT2D eigenvalue weighted by Gasteiger charge is 2.36. The van der Waals surface area contributed by atoms with E-state index in [1.165, 1.54) is 6.07 Å². The fourth-order valence-electron chi connectivity index (χ4n) is 1.65. The molecule has 0 radical (unpaired) electrons. The Labute approximate surface area is 113 Å². The predicted octanol–water partition coefficient (Wildman–Crippen LogP) is 2.44. The lowest BCUT2D eigenvalue weighted by Gasteiger charge is -2.17. The molecule has 0 saturated carbocycles. The van der Waals surface area contributed by atoms with Gasteiger partial charge in [0.25, 0.3) is 5.91 Å². The van der Waals surface area contributed by atoms with Gasteiger partial charge in [-0.25, -0.2) is 4.79 Å². The molecule has 1 amide bonds. The molecule has 0 bridgehead atoms. The van der Waals surface area contributed by atoms with Crippen LogP contribution in [0.3, 0.4) is 0 Å². The first kappa shape index (κ1) is 16.0. The largest absolute Gasteiger partial charge is 0.480 e. The van der Waals surface area contributed by atoms with Crippen molar-refractivity contribution in [2.45, 2.75) is 32.5 Å². The summed E-state index contributed by atoms with van der Waals surface area (Å²) in [5.74, 6) is -2.55. The van der Waals surface area contributed by atoms with Gasteiger partial charge in [0.2, 0.25) is 0 Å². The summed E-state index contributed by atoms with van der Waals surface area (Å²) in [5.41, 5.74) is 1.48. The normalized spacial score (nSPS) is 12.8. The Bertz CT molecular complexity index is 526. The van der Waals surface area contributed by atoms with Crippen LogP contribution in [0, 0.1) is 13.8 Å². The average molecular weight is 289 g/mol. The zero-order valence-corrected chi connectivity index (χ0v) is 10.9. The number of benzene rings is 1. The van der Waals surface area contributed by atoms with E-state index in [9.17, 15) is 22.8 Å². The number of carboxylic acids is 1. The molecule has 7 heteroatoms. The summed E-state index contributed by atoms with van der Waals surface area (Å²) in [4.78, 5) is 22.7. The van der Waals surface area contributed by atoms with E-state index >= 15 is 0 Å². The van der Waals surface area contributed by atoms with Crippen molar-refractivity contribution in [2.75, 3.05) is 0 Å². The minimum atomic E-state index is -4.67. The Morgan fingerprint density at radius 3 is 2.40 bits per heavy atom. The summed E-state index contributed by atoms with van der Waals surface area (Å²) in [6.45, 7) is 3.34. The molecule has 2 N–H and O–H groups in total. The van der Waals surface area contributed by atoms with Crippen LogP contribution in [0.4, 0.5) is 13.2 Å². The van der Waals surface area contributed by atoms with E-state index in [1.807, 2.05) is 5.32 Å². The van der Waals surface area contributed by atoms with Gasteiger partial charge in [-0.3, -0.25) is 4.79 Å². The lowest BCUT2D eigenvalue weighted by atomic mass is 10.0. The van der Waals surface area contributed by atoms with Gasteiger partial charge in [-0.15, -0.1) is 0 Å². The van der Waals surface area contributed by atoms with Crippen LogP contribution in [0.15, 0.2) is 18.2 Å². The van der Waals surface area contributed by atoms with Crippen molar-refractivity contribution in [3.63, 3.8) is 0 Å². The number of rotatable bonds is 4. The number of aliphatic carboxylic acids is 1. The zero-order valence-electron chi connectivity index (χ0n) is 10.9. The van der Waals surface area contributed by atoms with Gasteiger partial charge in [-0.2, -0.15) is 13.2 Å². The summed E-state index contributed by atoms with van der Waals surface area (Å²) in [6.07, 6.45) is -6.28. The molecule has 0 aliphatic rings. The Morgan fingerprint density at radius 2 is 1.90 bits per heavy atom. The molecule has 0 aromatic heterocycles. The summed E-state index contributed by atoms with van der Waals surface area (Å²) >= 11 is 0. The minimum Gasteiger partial charge on any atom is -0.480 e. The van der Waals surface area contributed by atoms with Crippen LogP contribution in [0.25, 0.3) is 0 Å². The van der Waals surface area contributed by atoms with E-state index in [0.717, 1.165) is 5.56 Å². The number of aryl methyl sites for hydroxylation is 2. The summed E-state index contributed by atoms with van der Waals surface area (Å²) < 4.78 is 36.7. The number of carbonyl (C=O) groups is 2. The van der Waals surface area contributed by atoms with Crippen LogP contribution in [-0.4, -0.2) is 29.2 Å². The Balaban J connectivity index is 2.91. The molecule has 1 unspecified atom stereocenters. The highest BCUT2D eigenvalue weighted by atomic mass is 19.4. The molecular weight excluding hydrogens is 275 g/mol. The molecule has 0 fully saturated rings. The van der Waals surface area contributed by atoms with Gasteiger partial charge in [0.05, 0.1) is 6.42 Å². The SMILES string of the molecule is Cc1ccc(C)c(C(=O)NC(CC(F)(F)F)C(=O)O)c1. The van der Waals surface area contributed by atoms with Crippen molar-refractivity contribution >= 4 is 11.9 Å². The number of hydrogen-bond acceptors (Lipinski definition) is 2. The van der Waals surface area contributed by atoms with E-state index in [0.29, 0.717) is 5.56 Å². The van der Waals surface area contributed by atoms with Gasteiger partial charge in [0, 0.05) is 5.56 Å². The van der Waals surface area contributed by atoms with E-state index in [1.54, 1.807) is 26.0 Å². The van der Waals surface area contributed by atoms with E-state index in [-0.39, 0.29) is 5.56 Å². The second-order valence-electron chi connectivity index (χ2n) is 4.50. The summed E-state index contributed by atoms with van der Waals surface area (Å²) in [6, 6.07) is 2.89. The van der Waals surface area contributed by atoms with E-state index in [4.69, 9.17) is 5.11 Å². The van der Waals surface area contributed by atoms with Gasteiger partial charge >= 0.3 is 12.1 Å². The van der Waals surface area contributed by atoms with Crippen molar-refractivity contribution in [1.82, 2.24) is 5.32 Å². The summed E-state index contributed by atoms with van der Waals surface area (Å²) in [7, 11) is 0. The second-order valence-corrected chi connectivity index (χ2v) is 4.50. The molecule has 0 aliphatic carbocycles. The quantitative estimate of drug-likeness (QED) is 0.894. The lowest BCUT2D eigenvalue weighted by molar-refractivity contribution is -0.157. The third kappa shape index (κ3) is 4.56. The maximum absolute atomic E-state index is 12.2. The van der Waals surface area contributed by atoms with Crippen LogP contribution < -0.4 is 5.32 Å². The Hall–Kier alpha value is -2.05. The fourth-order valence-corrected chi connectivity index (χ4v) is 1.65. The molecule has 1 aromatic rings. The van der Waals surface area contributed by atoms with Gasteiger partial charge in [-0.1, -0.05) is 17.7 Å². The Kier molecular flexibility index (Phi) is 4.75. The molecule has 1 rings (SSSR count). The Morgan fingerprint density at radius 1 is 1.30 bits per heavy atom. The number of halogens is 3. The number of carboxylic acid groups (broad SMARTS) is 1. The average Bonchev–Trinajstić information content (AvgIpc) is 2.29. The molecule has 0 spiro atoms. The highest BCUT2D eigenvalue weighted by molar-refractivity contribution is 5.97. The molecule has 20 heavy (non-hydrogen) atoms. The number of alkyl halides is 3. The standard InChI is InChI=1S/C13H14F3NO3/c1-7-3-4-8(2)9(5-7)11(18)17-10(12(19)20)6-13(14,15)16/h3-5,10H,6H2,1-2H3,(H,17,18)(H,19,20). The lowest BCUT2D eigenvalue weighted by Crippen LogP contribution is -2.43. The maximum atomic E-state index is 12.2. The fraction of sp³-hybridized carbons (Fsp3) is 0.385. The van der Waals surface area contributed by atoms with Crippen LogP contribution in [-0.2, 0) is 4.79 Å². The first-order chi connectivity index (χ1) is 9.10. The third-order valence-electron chi connectivity index (χ3n) is 2.68. The first-order valence-corrected chi connectivity index (χ1v) is 5.78. The van der Waals surface area contributed by atoms with Crippen LogP contribution in [0.2, 0.25) is 0 Å². The number of nitrogens with one attached hydrogen (secondary N) is 1. The van der Waals surface area contributed by atoms with Gasteiger partial charge in [0.1, 0.15) is 6.04 Å². The van der Waals surface area contributed by atoms with Crippen molar-refractivity contribution in [2.24, 2.45) is 0 Å². The van der Waals surface area contributed by atoms with Crippen molar-refractivity contribution < 1.29 is 27.9 Å². The number of carbonyl (C=O) groups excluding carboxylic acids is 1. The highest BCUT2D eigenvalue weighted by Crippen LogP contribution is 2.22. The zero-order chi connectivity index (χ0) is 15.5. The second kappa shape index (κ2) is 5.94. The van der Waals surface area contributed by atoms with Crippen molar-refractivity contribution in [1.29, 1.82) is 0 Å². The number of amides is 1. The van der Waals surface area contributed by atoms with Crippen LogP contribution >= 0.6 is 0 Å². The monoisotopic (exact) mass is 289 g/mol. The van der Waals surface area contributed by atoms with Gasteiger partial charge in [0.15, 0.2) is 0 Å². The van der Waals surface area contributed by atoms with Crippen molar-refractivity contribution in [3.8, 4) is 0 Å². The summed E-state index contributed by atoms with van der Waals surface area (Å²) in [5, 5.41) is 10.6. The molecule has 0 heterocycles. The molecule has 0 saturated heterocycles. The van der Waals surface area contributed by atoms with E-state index in [2.05, 4.69) is 0 Å². The molecular formula is C13H14F3NO3. The first-order valence-electron chi connectivity index (χ1n) is 5.78. The van der Waals surface area contributed by atoms with Crippen molar-refractivity contribution in [3.05, 3.63) is 34.9 Å². The predicted molar refractivity (Wildman–Crippen MR) is 65.5 cm³/mol. The third-order valence-corrected chi connectivity index (χ3v) is 2.68. The number of hydrogen-bond donors (Lipinski definition) is 2. The molecule has 110 valence electrons. The molecule has 0 aliphatic heterocycles. The van der Waals surface area contributed by atoms with E-state index < -0.39 is 30.5 Å². The van der Waals surface area contributed by atoms with Crippen LogP contribution in [0.1, 0.15) is 27.9 Å².